The highest BCUT2D eigenvalue weighted by atomic mass is 15.0. The van der Waals surface area contributed by atoms with Crippen LogP contribution in [0.15, 0.2) is 24.3 Å². The third-order valence-electron chi connectivity index (χ3n) is 3.90. The molecule has 0 aromatic heterocycles. The fourth-order valence-corrected chi connectivity index (χ4v) is 2.89. The Hall–Kier alpha value is -0.900. The largest absolute Gasteiger partial charge is 0.328 e. The molecule has 2 unspecified atom stereocenters. The molecule has 1 fully saturated rings. The molecule has 0 amide bonds. The molecule has 3 heteroatoms. The van der Waals surface area contributed by atoms with Gasteiger partial charge in [-0.25, -0.2) is 0 Å². The van der Waals surface area contributed by atoms with Gasteiger partial charge < -0.3 is 16.0 Å². The van der Waals surface area contributed by atoms with Gasteiger partial charge in [-0.1, -0.05) is 30.7 Å². The molecule has 0 spiro atoms. The lowest BCUT2D eigenvalue weighted by molar-refractivity contribution is 0.337. The summed E-state index contributed by atoms with van der Waals surface area (Å²) in [4.78, 5) is 2.22. The number of benzene rings is 1. The highest BCUT2D eigenvalue weighted by molar-refractivity contribution is 5.27. The number of hydrogen-bond acceptors (Lipinski definition) is 3. The standard InChI is InChI=1S/C16H27N3/c1-19(2)12-14-7-4-3-6-13(14)11-18-16-9-5-8-15(17)10-16/h3-4,6-7,15-16,18H,5,8-12,17H2,1-2H3. The molecule has 3 nitrogen and oxygen atoms in total. The molecule has 0 heterocycles. The van der Waals surface area contributed by atoms with Crippen LogP contribution in [0.25, 0.3) is 0 Å². The quantitative estimate of drug-likeness (QED) is 0.853. The van der Waals surface area contributed by atoms with Crippen LogP contribution in [0, 0.1) is 0 Å². The van der Waals surface area contributed by atoms with E-state index in [1.165, 1.54) is 30.4 Å². The van der Waals surface area contributed by atoms with E-state index in [0.717, 1.165) is 19.5 Å². The Morgan fingerprint density at radius 2 is 1.95 bits per heavy atom. The van der Waals surface area contributed by atoms with Gasteiger partial charge in [-0.15, -0.1) is 0 Å². The summed E-state index contributed by atoms with van der Waals surface area (Å²) in [7, 11) is 4.23. The van der Waals surface area contributed by atoms with Crippen molar-refractivity contribution < 1.29 is 0 Å². The monoisotopic (exact) mass is 261 g/mol. The summed E-state index contributed by atoms with van der Waals surface area (Å²) in [5.41, 5.74) is 8.87. The zero-order chi connectivity index (χ0) is 13.7. The van der Waals surface area contributed by atoms with E-state index in [1.807, 2.05) is 0 Å². The molecule has 1 aliphatic rings. The SMILES string of the molecule is CN(C)Cc1ccccc1CNC1CCCC(N)C1. The summed E-state index contributed by atoms with van der Waals surface area (Å²) in [6.07, 6.45) is 4.84. The van der Waals surface area contributed by atoms with Gasteiger partial charge in [0.1, 0.15) is 0 Å². The van der Waals surface area contributed by atoms with Crippen molar-refractivity contribution in [1.82, 2.24) is 10.2 Å². The highest BCUT2D eigenvalue weighted by Crippen LogP contribution is 2.18. The van der Waals surface area contributed by atoms with Crippen molar-refractivity contribution in [2.45, 2.75) is 50.9 Å². The van der Waals surface area contributed by atoms with Crippen molar-refractivity contribution in [1.29, 1.82) is 0 Å². The Morgan fingerprint density at radius 3 is 2.63 bits per heavy atom. The molecule has 0 radical (unpaired) electrons. The van der Waals surface area contributed by atoms with Crippen LogP contribution < -0.4 is 11.1 Å². The van der Waals surface area contributed by atoms with Crippen LogP contribution in [0.3, 0.4) is 0 Å². The number of hydrogen-bond donors (Lipinski definition) is 2. The van der Waals surface area contributed by atoms with Crippen LogP contribution in [-0.2, 0) is 13.1 Å². The zero-order valence-corrected chi connectivity index (χ0v) is 12.2. The maximum Gasteiger partial charge on any atom is 0.0230 e. The minimum atomic E-state index is 0.392. The van der Waals surface area contributed by atoms with Crippen molar-refractivity contribution in [2.24, 2.45) is 5.73 Å². The molecule has 0 bridgehead atoms. The first-order chi connectivity index (χ1) is 9.15. The van der Waals surface area contributed by atoms with Crippen molar-refractivity contribution in [3.05, 3.63) is 35.4 Å². The first kappa shape index (κ1) is 14.5. The van der Waals surface area contributed by atoms with E-state index in [-0.39, 0.29) is 0 Å². The maximum atomic E-state index is 6.04. The first-order valence-electron chi connectivity index (χ1n) is 7.35. The Bertz CT molecular complexity index is 389. The van der Waals surface area contributed by atoms with Crippen molar-refractivity contribution in [3.8, 4) is 0 Å². The van der Waals surface area contributed by atoms with Crippen LogP contribution in [0.4, 0.5) is 0 Å². The van der Waals surface area contributed by atoms with Gasteiger partial charge in [0.25, 0.3) is 0 Å². The van der Waals surface area contributed by atoms with Crippen LogP contribution in [0.5, 0.6) is 0 Å². The first-order valence-corrected chi connectivity index (χ1v) is 7.35. The Kier molecular flexibility index (Phi) is 5.37. The van der Waals surface area contributed by atoms with Gasteiger partial charge in [-0.2, -0.15) is 0 Å². The van der Waals surface area contributed by atoms with Crippen LogP contribution in [0.2, 0.25) is 0 Å². The third kappa shape index (κ3) is 4.60. The smallest absolute Gasteiger partial charge is 0.0230 e. The highest BCUT2D eigenvalue weighted by Gasteiger charge is 2.18. The molecule has 2 atom stereocenters. The Labute approximate surface area is 117 Å². The molecule has 1 aromatic rings. The molecule has 0 aliphatic heterocycles. The molecule has 106 valence electrons. The summed E-state index contributed by atoms with van der Waals surface area (Å²) in [6.45, 7) is 1.96. The molecule has 0 saturated heterocycles. The number of rotatable bonds is 5. The lowest BCUT2D eigenvalue weighted by atomic mass is 9.91. The Balaban J connectivity index is 1.91. The fourth-order valence-electron chi connectivity index (χ4n) is 2.89. The van der Waals surface area contributed by atoms with Gasteiger partial charge in [0.2, 0.25) is 0 Å². The van der Waals surface area contributed by atoms with Gasteiger partial charge in [-0.05, 0) is 44.5 Å². The van der Waals surface area contributed by atoms with E-state index in [2.05, 4.69) is 48.6 Å². The summed E-state index contributed by atoms with van der Waals surface area (Å²) in [5, 5.41) is 3.68. The topological polar surface area (TPSA) is 41.3 Å². The molecule has 2 rings (SSSR count). The molecular weight excluding hydrogens is 234 g/mol. The second kappa shape index (κ2) is 7.04. The normalized spacial score (nSPS) is 23.8. The summed E-state index contributed by atoms with van der Waals surface area (Å²) >= 11 is 0. The predicted octanol–water partition coefficient (Wildman–Crippen LogP) is 2.11. The Morgan fingerprint density at radius 1 is 1.21 bits per heavy atom. The lowest BCUT2D eigenvalue weighted by Crippen LogP contribution is -2.39. The zero-order valence-electron chi connectivity index (χ0n) is 12.2. The van der Waals surface area contributed by atoms with Crippen LogP contribution in [-0.4, -0.2) is 31.1 Å². The van der Waals surface area contributed by atoms with E-state index in [1.54, 1.807) is 0 Å². The second-order valence-electron chi connectivity index (χ2n) is 6.01. The van der Waals surface area contributed by atoms with E-state index in [4.69, 9.17) is 5.73 Å². The minimum Gasteiger partial charge on any atom is -0.328 e. The minimum absolute atomic E-state index is 0.392. The van der Waals surface area contributed by atoms with Gasteiger partial charge in [-0.3, -0.25) is 0 Å². The molecule has 1 aromatic carbocycles. The van der Waals surface area contributed by atoms with E-state index in [0.29, 0.717) is 12.1 Å². The molecule has 19 heavy (non-hydrogen) atoms. The van der Waals surface area contributed by atoms with Crippen LogP contribution in [0.1, 0.15) is 36.8 Å². The molecule has 1 aliphatic carbocycles. The van der Waals surface area contributed by atoms with Gasteiger partial charge in [0.05, 0.1) is 0 Å². The molecular formula is C16H27N3. The van der Waals surface area contributed by atoms with Crippen LogP contribution >= 0.6 is 0 Å². The van der Waals surface area contributed by atoms with Crippen molar-refractivity contribution >= 4 is 0 Å². The number of nitrogens with zero attached hydrogens (tertiary/aromatic N) is 1. The summed E-state index contributed by atoms with van der Waals surface area (Å²) in [5.74, 6) is 0. The average Bonchev–Trinajstić information content (AvgIpc) is 2.37. The molecule has 3 N–H and O–H groups in total. The number of nitrogens with one attached hydrogen (secondary N) is 1. The lowest BCUT2D eigenvalue weighted by Gasteiger charge is -2.28. The maximum absolute atomic E-state index is 6.04. The molecule has 1 saturated carbocycles. The van der Waals surface area contributed by atoms with Gasteiger partial charge in [0, 0.05) is 25.2 Å². The van der Waals surface area contributed by atoms with Gasteiger partial charge in [0.15, 0.2) is 0 Å². The van der Waals surface area contributed by atoms with Crippen molar-refractivity contribution in [2.75, 3.05) is 14.1 Å². The summed E-state index contributed by atoms with van der Waals surface area (Å²) < 4.78 is 0. The van der Waals surface area contributed by atoms with Crippen molar-refractivity contribution in [3.63, 3.8) is 0 Å². The second-order valence-corrected chi connectivity index (χ2v) is 6.01. The average molecular weight is 261 g/mol. The van der Waals surface area contributed by atoms with Gasteiger partial charge >= 0.3 is 0 Å². The van der Waals surface area contributed by atoms with E-state index >= 15 is 0 Å². The summed E-state index contributed by atoms with van der Waals surface area (Å²) in [6, 6.07) is 9.69. The fraction of sp³-hybridized carbons (Fsp3) is 0.625. The number of nitrogens with two attached hydrogens (primary N) is 1. The third-order valence-corrected chi connectivity index (χ3v) is 3.90. The van der Waals surface area contributed by atoms with E-state index < -0.39 is 0 Å². The van der Waals surface area contributed by atoms with E-state index in [9.17, 15) is 0 Å². The predicted molar refractivity (Wildman–Crippen MR) is 80.9 cm³/mol.